The van der Waals surface area contributed by atoms with Crippen LogP contribution in [0.4, 0.5) is 0 Å². The highest BCUT2D eigenvalue weighted by molar-refractivity contribution is 5.86. The number of nitriles is 1. The summed E-state index contributed by atoms with van der Waals surface area (Å²) in [4.78, 5) is 5.84. The van der Waals surface area contributed by atoms with Crippen molar-refractivity contribution < 1.29 is 0 Å². The molecular formula is C15H17N3. The summed E-state index contributed by atoms with van der Waals surface area (Å²) in [6.07, 6.45) is 5.09. The topological polar surface area (TPSA) is 42.8 Å². The van der Waals surface area contributed by atoms with Gasteiger partial charge in [-0.2, -0.15) is 5.26 Å². The van der Waals surface area contributed by atoms with Crippen LogP contribution in [0.1, 0.15) is 24.0 Å². The molecule has 0 atom stereocenters. The molecule has 0 unspecified atom stereocenters. The molecule has 3 nitrogen and oxygen atoms in total. The average molecular weight is 239 g/mol. The van der Waals surface area contributed by atoms with Crippen molar-refractivity contribution in [1.29, 1.82) is 5.26 Å². The minimum Gasteiger partial charge on any atom is -0.361 e. The first-order valence-electron chi connectivity index (χ1n) is 6.55. The van der Waals surface area contributed by atoms with Crippen molar-refractivity contribution in [2.45, 2.75) is 25.8 Å². The third-order valence-electron chi connectivity index (χ3n) is 3.75. The van der Waals surface area contributed by atoms with E-state index in [0.29, 0.717) is 6.42 Å². The molecule has 1 aliphatic rings. The molecule has 1 aliphatic heterocycles. The summed E-state index contributed by atoms with van der Waals surface area (Å²) in [5.41, 5.74) is 3.66. The van der Waals surface area contributed by atoms with Crippen molar-refractivity contribution in [3.05, 3.63) is 35.5 Å². The summed E-state index contributed by atoms with van der Waals surface area (Å²) in [6, 6.07) is 8.62. The van der Waals surface area contributed by atoms with Gasteiger partial charge in [-0.05, 0) is 37.1 Å². The van der Waals surface area contributed by atoms with Gasteiger partial charge in [-0.1, -0.05) is 18.2 Å². The van der Waals surface area contributed by atoms with Gasteiger partial charge in [-0.3, -0.25) is 4.90 Å². The minimum absolute atomic E-state index is 0.479. The zero-order valence-corrected chi connectivity index (χ0v) is 10.4. The van der Waals surface area contributed by atoms with E-state index in [9.17, 15) is 0 Å². The SMILES string of the molecule is N#CCc1c[nH]c2c(CN3CCCC3)cccc12. The molecule has 0 saturated carbocycles. The molecule has 3 rings (SSSR count). The number of rotatable bonds is 3. The van der Waals surface area contributed by atoms with Crippen molar-refractivity contribution in [3.63, 3.8) is 0 Å². The Morgan fingerprint density at radius 2 is 2.06 bits per heavy atom. The van der Waals surface area contributed by atoms with Crippen molar-refractivity contribution in [2.24, 2.45) is 0 Å². The van der Waals surface area contributed by atoms with E-state index in [2.05, 4.69) is 34.2 Å². The number of likely N-dealkylation sites (tertiary alicyclic amines) is 1. The minimum atomic E-state index is 0.479. The maximum absolute atomic E-state index is 8.82. The number of para-hydroxylation sites is 1. The van der Waals surface area contributed by atoms with Gasteiger partial charge in [0, 0.05) is 18.1 Å². The molecule has 1 aromatic carbocycles. The van der Waals surface area contributed by atoms with Crippen molar-refractivity contribution in [3.8, 4) is 6.07 Å². The van der Waals surface area contributed by atoms with Crippen LogP contribution < -0.4 is 0 Å². The van der Waals surface area contributed by atoms with E-state index in [1.807, 2.05) is 6.20 Å². The second kappa shape index (κ2) is 4.83. The van der Waals surface area contributed by atoms with Crippen molar-refractivity contribution >= 4 is 10.9 Å². The Morgan fingerprint density at radius 3 is 2.83 bits per heavy atom. The lowest BCUT2D eigenvalue weighted by Gasteiger charge is -2.15. The molecular weight excluding hydrogens is 222 g/mol. The Balaban J connectivity index is 1.94. The van der Waals surface area contributed by atoms with Gasteiger partial charge in [-0.25, -0.2) is 0 Å². The van der Waals surface area contributed by atoms with Gasteiger partial charge < -0.3 is 4.98 Å². The Morgan fingerprint density at radius 1 is 1.22 bits per heavy atom. The molecule has 1 saturated heterocycles. The summed E-state index contributed by atoms with van der Waals surface area (Å²) < 4.78 is 0. The molecule has 2 heterocycles. The molecule has 1 aromatic heterocycles. The number of fused-ring (bicyclic) bond motifs is 1. The van der Waals surface area contributed by atoms with Crippen LogP contribution in [0.25, 0.3) is 10.9 Å². The largest absolute Gasteiger partial charge is 0.361 e. The van der Waals surface area contributed by atoms with Crippen LogP contribution in [0.5, 0.6) is 0 Å². The average Bonchev–Trinajstić information content (AvgIpc) is 3.01. The zero-order chi connectivity index (χ0) is 12.4. The number of benzene rings is 1. The van der Waals surface area contributed by atoms with E-state index < -0.39 is 0 Å². The van der Waals surface area contributed by atoms with Gasteiger partial charge in [0.1, 0.15) is 0 Å². The van der Waals surface area contributed by atoms with Crippen LogP contribution >= 0.6 is 0 Å². The number of H-pyrrole nitrogens is 1. The molecule has 1 N–H and O–H groups in total. The fourth-order valence-corrected chi connectivity index (χ4v) is 2.82. The monoisotopic (exact) mass is 239 g/mol. The molecule has 0 spiro atoms. The van der Waals surface area contributed by atoms with E-state index in [4.69, 9.17) is 5.26 Å². The number of aromatic nitrogens is 1. The summed E-state index contributed by atoms with van der Waals surface area (Å²) >= 11 is 0. The lowest BCUT2D eigenvalue weighted by atomic mass is 10.1. The predicted molar refractivity (Wildman–Crippen MR) is 72.1 cm³/mol. The molecule has 92 valence electrons. The quantitative estimate of drug-likeness (QED) is 0.895. The van der Waals surface area contributed by atoms with Crippen LogP contribution in [0.15, 0.2) is 24.4 Å². The maximum atomic E-state index is 8.82. The van der Waals surface area contributed by atoms with E-state index in [-0.39, 0.29) is 0 Å². The number of nitrogens with one attached hydrogen (secondary N) is 1. The highest BCUT2D eigenvalue weighted by Crippen LogP contribution is 2.24. The smallest absolute Gasteiger partial charge is 0.0670 e. The number of hydrogen-bond donors (Lipinski definition) is 1. The first-order chi connectivity index (χ1) is 8.88. The van der Waals surface area contributed by atoms with Crippen LogP contribution in [-0.2, 0) is 13.0 Å². The first kappa shape index (κ1) is 11.3. The molecule has 3 heteroatoms. The highest BCUT2D eigenvalue weighted by atomic mass is 15.1. The summed E-state index contributed by atoms with van der Waals surface area (Å²) in [5.74, 6) is 0. The highest BCUT2D eigenvalue weighted by Gasteiger charge is 2.14. The van der Waals surface area contributed by atoms with E-state index >= 15 is 0 Å². The van der Waals surface area contributed by atoms with E-state index in [0.717, 1.165) is 12.1 Å². The van der Waals surface area contributed by atoms with Gasteiger partial charge in [0.25, 0.3) is 0 Å². The Bertz CT molecular complexity index is 585. The lowest BCUT2D eigenvalue weighted by Crippen LogP contribution is -2.18. The summed E-state index contributed by atoms with van der Waals surface area (Å²) in [6.45, 7) is 3.44. The van der Waals surface area contributed by atoms with Crippen molar-refractivity contribution in [2.75, 3.05) is 13.1 Å². The van der Waals surface area contributed by atoms with Crippen LogP contribution in [0, 0.1) is 11.3 Å². The molecule has 2 aromatic rings. The van der Waals surface area contributed by atoms with Crippen LogP contribution in [0.2, 0.25) is 0 Å². The Hall–Kier alpha value is -1.79. The van der Waals surface area contributed by atoms with E-state index in [1.165, 1.54) is 42.4 Å². The third-order valence-corrected chi connectivity index (χ3v) is 3.75. The Kier molecular flexibility index (Phi) is 3.04. The number of aromatic amines is 1. The molecule has 0 aliphatic carbocycles. The molecule has 0 amide bonds. The second-order valence-corrected chi connectivity index (χ2v) is 4.97. The van der Waals surface area contributed by atoms with Crippen molar-refractivity contribution in [1.82, 2.24) is 9.88 Å². The third kappa shape index (κ3) is 2.00. The predicted octanol–water partition coefficient (Wildman–Crippen LogP) is 2.83. The number of hydrogen-bond acceptors (Lipinski definition) is 2. The van der Waals surface area contributed by atoms with Gasteiger partial charge >= 0.3 is 0 Å². The van der Waals surface area contributed by atoms with Gasteiger partial charge in [-0.15, -0.1) is 0 Å². The summed E-state index contributed by atoms with van der Waals surface area (Å²) in [5, 5.41) is 10.0. The fraction of sp³-hybridized carbons (Fsp3) is 0.400. The maximum Gasteiger partial charge on any atom is 0.0670 e. The standard InChI is InChI=1S/C15H17N3/c16-7-6-12-10-17-15-13(4-3-5-14(12)15)11-18-8-1-2-9-18/h3-5,10,17H,1-2,6,8-9,11H2. The van der Waals surface area contributed by atoms with E-state index in [1.54, 1.807) is 0 Å². The van der Waals surface area contributed by atoms with Gasteiger partial charge in [0.2, 0.25) is 0 Å². The molecule has 0 radical (unpaired) electrons. The van der Waals surface area contributed by atoms with Crippen LogP contribution in [-0.4, -0.2) is 23.0 Å². The van der Waals surface area contributed by atoms with Gasteiger partial charge in [0.15, 0.2) is 0 Å². The number of nitrogens with zero attached hydrogens (tertiary/aromatic N) is 2. The summed E-state index contributed by atoms with van der Waals surface area (Å²) in [7, 11) is 0. The van der Waals surface area contributed by atoms with Gasteiger partial charge in [0.05, 0.1) is 18.0 Å². The fourth-order valence-electron chi connectivity index (χ4n) is 2.82. The normalized spacial score (nSPS) is 16.2. The zero-order valence-electron chi connectivity index (χ0n) is 10.4. The molecule has 18 heavy (non-hydrogen) atoms. The first-order valence-corrected chi connectivity index (χ1v) is 6.55. The Labute approximate surface area is 107 Å². The van der Waals surface area contributed by atoms with Crippen LogP contribution in [0.3, 0.4) is 0 Å². The molecule has 0 bridgehead atoms. The lowest BCUT2D eigenvalue weighted by molar-refractivity contribution is 0.332. The molecule has 1 fully saturated rings. The second-order valence-electron chi connectivity index (χ2n) is 4.97.